The number of hydrogen-bond acceptors (Lipinski definition) is 3. The van der Waals surface area contributed by atoms with Crippen molar-refractivity contribution in [2.75, 3.05) is 19.6 Å². The van der Waals surface area contributed by atoms with E-state index in [9.17, 15) is 4.79 Å². The second kappa shape index (κ2) is 7.48. The molecule has 1 saturated heterocycles. The van der Waals surface area contributed by atoms with Crippen molar-refractivity contribution in [3.8, 4) is 11.1 Å². The van der Waals surface area contributed by atoms with E-state index in [0.29, 0.717) is 6.04 Å². The number of piperazine rings is 1. The number of amides is 1. The van der Waals surface area contributed by atoms with E-state index in [-0.39, 0.29) is 18.3 Å². The summed E-state index contributed by atoms with van der Waals surface area (Å²) in [5, 5.41) is 3.36. The van der Waals surface area contributed by atoms with E-state index in [0.717, 1.165) is 47.4 Å². The summed E-state index contributed by atoms with van der Waals surface area (Å²) in [7, 11) is 1.99. The number of aromatic nitrogens is 2. The molecule has 2 aromatic carbocycles. The predicted molar refractivity (Wildman–Crippen MR) is 107 cm³/mol. The Morgan fingerprint density at radius 1 is 1.15 bits per heavy atom. The topological polar surface area (TPSA) is 50.2 Å². The molecule has 0 bridgehead atoms. The minimum absolute atomic E-state index is 0. The van der Waals surface area contributed by atoms with Crippen LogP contribution in [0, 0.1) is 0 Å². The Labute approximate surface area is 159 Å². The molecule has 3 aromatic rings. The fraction of sp³-hybridized carbons (Fsp3) is 0.300. The first-order chi connectivity index (χ1) is 12.1. The number of halogens is 1. The van der Waals surface area contributed by atoms with Crippen LogP contribution in [0.25, 0.3) is 22.2 Å². The highest BCUT2D eigenvalue weighted by Crippen LogP contribution is 2.24. The Balaban J connectivity index is 0.00000196. The van der Waals surface area contributed by atoms with Crippen LogP contribution in [0.1, 0.15) is 17.3 Å². The molecular weight excluding hydrogens is 348 g/mol. The molecule has 1 aliphatic heterocycles. The van der Waals surface area contributed by atoms with Crippen LogP contribution in [0.4, 0.5) is 0 Å². The van der Waals surface area contributed by atoms with Gasteiger partial charge in [-0.1, -0.05) is 18.2 Å². The lowest BCUT2D eigenvalue weighted by Crippen LogP contribution is -2.51. The summed E-state index contributed by atoms with van der Waals surface area (Å²) >= 11 is 0. The molecule has 1 fully saturated rings. The van der Waals surface area contributed by atoms with E-state index in [1.807, 2.05) is 47.1 Å². The van der Waals surface area contributed by atoms with Crippen LogP contribution < -0.4 is 5.32 Å². The van der Waals surface area contributed by atoms with Crippen molar-refractivity contribution in [1.82, 2.24) is 19.8 Å². The third-order valence-electron chi connectivity index (χ3n) is 4.85. The summed E-state index contributed by atoms with van der Waals surface area (Å²) in [6.45, 7) is 4.49. The molecule has 4 rings (SSSR count). The first kappa shape index (κ1) is 18.4. The smallest absolute Gasteiger partial charge is 0.253 e. The number of nitrogens with one attached hydrogen (secondary N) is 1. The van der Waals surface area contributed by atoms with E-state index in [4.69, 9.17) is 0 Å². The quantitative estimate of drug-likeness (QED) is 0.754. The van der Waals surface area contributed by atoms with Gasteiger partial charge in [0.1, 0.15) is 0 Å². The van der Waals surface area contributed by atoms with E-state index in [1.165, 1.54) is 0 Å². The van der Waals surface area contributed by atoms with Crippen molar-refractivity contribution >= 4 is 29.3 Å². The normalized spacial score (nSPS) is 17.2. The molecule has 1 N–H and O–H groups in total. The zero-order valence-corrected chi connectivity index (χ0v) is 15.8. The van der Waals surface area contributed by atoms with Gasteiger partial charge in [0, 0.05) is 38.3 Å². The summed E-state index contributed by atoms with van der Waals surface area (Å²) < 4.78 is 2.01. The maximum atomic E-state index is 12.7. The van der Waals surface area contributed by atoms with Crippen molar-refractivity contribution in [2.45, 2.75) is 13.0 Å². The molecular formula is C20H23ClN4O. The standard InChI is InChI=1S/C20H22N4O.ClH/c1-14-12-24(10-9-21-14)20(25)16-5-3-15(4-6-16)17-7-8-19-18(11-17)22-13-23(19)2;/h3-8,11,13-14,21H,9-10,12H2,1-2H3;1H/t14-;/m1./s1. The Hall–Kier alpha value is -2.37. The van der Waals surface area contributed by atoms with Gasteiger partial charge in [-0.15, -0.1) is 12.4 Å². The van der Waals surface area contributed by atoms with Gasteiger partial charge >= 0.3 is 0 Å². The maximum absolute atomic E-state index is 12.7. The van der Waals surface area contributed by atoms with Gasteiger partial charge in [-0.25, -0.2) is 4.98 Å². The largest absolute Gasteiger partial charge is 0.336 e. The lowest BCUT2D eigenvalue weighted by molar-refractivity contribution is 0.0709. The SMILES string of the molecule is C[C@@H]1CN(C(=O)c2ccc(-c3ccc4c(c3)ncn4C)cc2)CCN1.Cl. The van der Waals surface area contributed by atoms with Gasteiger partial charge in [0.2, 0.25) is 0 Å². The third-order valence-corrected chi connectivity index (χ3v) is 4.85. The number of imidazole rings is 1. The summed E-state index contributed by atoms with van der Waals surface area (Å²) in [6.07, 6.45) is 1.82. The molecule has 0 aliphatic carbocycles. The van der Waals surface area contributed by atoms with Crippen LogP contribution in [-0.2, 0) is 7.05 Å². The lowest BCUT2D eigenvalue weighted by atomic mass is 10.0. The van der Waals surface area contributed by atoms with Crippen LogP contribution in [0.15, 0.2) is 48.8 Å². The van der Waals surface area contributed by atoms with Gasteiger partial charge < -0.3 is 14.8 Å². The van der Waals surface area contributed by atoms with Gasteiger partial charge in [0.15, 0.2) is 0 Å². The maximum Gasteiger partial charge on any atom is 0.253 e. The Morgan fingerprint density at radius 3 is 2.62 bits per heavy atom. The van der Waals surface area contributed by atoms with Crippen molar-refractivity contribution in [3.63, 3.8) is 0 Å². The average Bonchev–Trinajstić information content (AvgIpc) is 3.02. The first-order valence-corrected chi connectivity index (χ1v) is 8.66. The molecule has 5 nitrogen and oxygen atoms in total. The van der Waals surface area contributed by atoms with Crippen LogP contribution in [0.5, 0.6) is 0 Å². The third kappa shape index (κ3) is 3.45. The molecule has 1 atom stereocenters. The van der Waals surface area contributed by atoms with Gasteiger partial charge in [-0.05, 0) is 42.3 Å². The number of hydrogen-bond donors (Lipinski definition) is 1. The van der Waals surface area contributed by atoms with Gasteiger partial charge in [0.25, 0.3) is 5.91 Å². The Bertz CT molecular complexity index is 919. The van der Waals surface area contributed by atoms with Gasteiger partial charge in [-0.3, -0.25) is 4.79 Å². The van der Waals surface area contributed by atoms with Crippen LogP contribution in [0.3, 0.4) is 0 Å². The highest BCUT2D eigenvalue weighted by Gasteiger charge is 2.21. The minimum atomic E-state index is 0. The molecule has 26 heavy (non-hydrogen) atoms. The lowest BCUT2D eigenvalue weighted by Gasteiger charge is -2.32. The Morgan fingerprint density at radius 2 is 1.88 bits per heavy atom. The summed E-state index contributed by atoms with van der Waals surface area (Å²) in [4.78, 5) is 19.0. The fourth-order valence-electron chi connectivity index (χ4n) is 3.42. The van der Waals surface area contributed by atoms with E-state index in [2.05, 4.69) is 35.4 Å². The molecule has 1 amide bonds. The number of nitrogens with zero attached hydrogens (tertiary/aromatic N) is 3. The first-order valence-electron chi connectivity index (χ1n) is 8.66. The van der Waals surface area contributed by atoms with Crippen molar-refractivity contribution < 1.29 is 4.79 Å². The predicted octanol–water partition coefficient (Wildman–Crippen LogP) is 3.10. The van der Waals surface area contributed by atoms with Crippen LogP contribution >= 0.6 is 12.4 Å². The van der Waals surface area contributed by atoms with Gasteiger partial charge in [-0.2, -0.15) is 0 Å². The summed E-state index contributed by atoms with van der Waals surface area (Å²) in [6, 6.07) is 14.5. The molecule has 0 saturated carbocycles. The molecule has 0 spiro atoms. The second-order valence-corrected chi connectivity index (χ2v) is 6.74. The summed E-state index contributed by atoms with van der Waals surface area (Å²) in [5.74, 6) is 0.111. The highest BCUT2D eigenvalue weighted by atomic mass is 35.5. The summed E-state index contributed by atoms with van der Waals surface area (Å²) in [5.41, 5.74) is 5.05. The number of aryl methyl sites for hydroxylation is 1. The number of carbonyl (C=O) groups is 1. The average molecular weight is 371 g/mol. The zero-order valence-electron chi connectivity index (χ0n) is 15.0. The Kier molecular flexibility index (Phi) is 5.30. The van der Waals surface area contributed by atoms with Crippen molar-refractivity contribution in [3.05, 3.63) is 54.4 Å². The fourth-order valence-corrected chi connectivity index (χ4v) is 3.42. The van der Waals surface area contributed by atoms with Crippen LogP contribution in [0.2, 0.25) is 0 Å². The number of fused-ring (bicyclic) bond motifs is 1. The molecule has 2 heterocycles. The van der Waals surface area contributed by atoms with Crippen molar-refractivity contribution in [2.24, 2.45) is 7.05 Å². The molecule has 0 radical (unpaired) electrons. The molecule has 136 valence electrons. The van der Waals surface area contributed by atoms with Crippen molar-refractivity contribution in [1.29, 1.82) is 0 Å². The minimum Gasteiger partial charge on any atom is -0.336 e. The molecule has 6 heteroatoms. The number of rotatable bonds is 2. The zero-order chi connectivity index (χ0) is 17.4. The van der Waals surface area contributed by atoms with Crippen LogP contribution in [-0.4, -0.2) is 46.0 Å². The van der Waals surface area contributed by atoms with E-state index >= 15 is 0 Å². The van der Waals surface area contributed by atoms with Gasteiger partial charge in [0.05, 0.1) is 17.4 Å². The monoisotopic (exact) mass is 370 g/mol. The van der Waals surface area contributed by atoms with E-state index < -0.39 is 0 Å². The number of benzene rings is 2. The van der Waals surface area contributed by atoms with E-state index in [1.54, 1.807) is 0 Å². The highest BCUT2D eigenvalue weighted by molar-refractivity contribution is 5.95. The number of carbonyl (C=O) groups excluding carboxylic acids is 1. The molecule has 0 unspecified atom stereocenters. The second-order valence-electron chi connectivity index (χ2n) is 6.74. The molecule has 1 aliphatic rings. The molecule has 1 aromatic heterocycles.